The minimum atomic E-state index is -0.567. The summed E-state index contributed by atoms with van der Waals surface area (Å²) in [6, 6.07) is -0.136. The van der Waals surface area contributed by atoms with Gasteiger partial charge in [0.15, 0.2) is 0 Å². The highest BCUT2D eigenvalue weighted by Gasteiger charge is 2.31. The molecular formula is C12H24N2O3. The zero-order valence-corrected chi connectivity index (χ0v) is 11.0. The van der Waals surface area contributed by atoms with Crippen molar-refractivity contribution < 1.29 is 14.6 Å². The number of nitrogens with zero attached hydrogens (tertiary/aromatic N) is 1. The average molecular weight is 244 g/mol. The molecule has 1 amide bonds. The molecule has 0 aromatic carbocycles. The summed E-state index contributed by atoms with van der Waals surface area (Å²) in [7, 11) is 1.61. The number of nitrogens with one attached hydrogen (secondary N) is 1. The van der Waals surface area contributed by atoms with E-state index in [1.165, 1.54) is 0 Å². The molecular weight excluding hydrogens is 220 g/mol. The van der Waals surface area contributed by atoms with Crippen molar-refractivity contribution in [1.82, 2.24) is 10.2 Å². The molecule has 0 bridgehead atoms. The van der Waals surface area contributed by atoms with Crippen molar-refractivity contribution in [3.05, 3.63) is 0 Å². The molecule has 5 heteroatoms. The first-order valence-corrected chi connectivity index (χ1v) is 6.19. The molecule has 5 nitrogen and oxygen atoms in total. The number of carbonyl (C=O) groups is 1. The van der Waals surface area contributed by atoms with E-state index in [1.54, 1.807) is 7.11 Å². The number of hydrogen-bond donors (Lipinski definition) is 2. The maximum absolute atomic E-state index is 11.8. The molecule has 0 spiro atoms. The van der Waals surface area contributed by atoms with E-state index in [-0.39, 0.29) is 11.9 Å². The van der Waals surface area contributed by atoms with E-state index in [9.17, 15) is 9.90 Å². The number of aliphatic hydroxyl groups is 1. The second kappa shape index (κ2) is 6.33. The third-order valence-corrected chi connectivity index (χ3v) is 3.41. The van der Waals surface area contributed by atoms with Gasteiger partial charge in [-0.25, -0.2) is 0 Å². The molecule has 17 heavy (non-hydrogen) atoms. The van der Waals surface area contributed by atoms with Crippen LogP contribution in [0.1, 0.15) is 26.7 Å². The van der Waals surface area contributed by atoms with Crippen LogP contribution in [0.4, 0.5) is 0 Å². The van der Waals surface area contributed by atoms with Gasteiger partial charge in [-0.3, -0.25) is 9.69 Å². The minimum Gasteiger partial charge on any atom is -0.390 e. The monoisotopic (exact) mass is 244 g/mol. The highest BCUT2D eigenvalue weighted by molar-refractivity contribution is 5.81. The van der Waals surface area contributed by atoms with Gasteiger partial charge in [0.2, 0.25) is 5.91 Å². The Hall–Kier alpha value is -0.650. The quantitative estimate of drug-likeness (QED) is 0.668. The van der Waals surface area contributed by atoms with E-state index in [4.69, 9.17) is 4.74 Å². The van der Waals surface area contributed by atoms with Gasteiger partial charge in [0.05, 0.1) is 18.2 Å². The SMILES string of the molecule is COCCNC(=O)C(C)N1CCC(C)(O)CC1. The summed E-state index contributed by atoms with van der Waals surface area (Å²) >= 11 is 0. The fourth-order valence-electron chi connectivity index (χ4n) is 1.98. The molecule has 1 heterocycles. The maximum Gasteiger partial charge on any atom is 0.237 e. The molecule has 2 N–H and O–H groups in total. The molecule has 100 valence electrons. The van der Waals surface area contributed by atoms with Crippen molar-refractivity contribution in [1.29, 1.82) is 0 Å². The van der Waals surface area contributed by atoms with Crippen LogP contribution in [0, 0.1) is 0 Å². The molecule has 0 radical (unpaired) electrons. The summed E-state index contributed by atoms with van der Waals surface area (Å²) in [6.07, 6.45) is 1.45. The Bertz CT molecular complexity index is 246. The van der Waals surface area contributed by atoms with Gasteiger partial charge < -0.3 is 15.2 Å². The number of ether oxygens (including phenoxy) is 1. The Balaban J connectivity index is 2.32. The molecule has 0 aromatic rings. The van der Waals surface area contributed by atoms with Crippen LogP contribution in [-0.2, 0) is 9.53 Å². The number of amides is 1. The molecule has 0 saturated carbocycles. The van der Waals surface area contributed by atoms with E-state index >= 15 is 0 Å². The molecule has 1 aliphatic rings. The zero-order chi connectivity index (χ0) is 12.9. The Morgan fingerprint density at radius 2 is 2.12 bits per heavy atom. The van der Waals surface area contributed by atoms with Crippen molar-refractivity contribution >= 4 is 5.91 Å². The van der Waals surface area contributed by atoms with Gasteiger partial charge in [-0.2, -0.15) is 0 Å². The second-order valence-electron chi connectivity index (χ2n) is 4.99. The summed E-state index contributed by atoms with van der Waals surface area (Å²) in [6.45, 7) is 6.38. The minimum absolute atomic E-state index is 0.0311. The fraction of sp³-hybridized carbons (Fsp3) is 0.917. The van der Waals surface area contributed by atoms with Crippen molar-refractivity contribution in [2.24, 2.45) is 0 Å². The van der Waals surface area contributed by atoms with Crippen molar-refractivity contribution in [3.8, 4) is 0 Å². The van der Waals surface area contributed by atoms with Crippen LogP contribution in [0.15, 0.2) is 0 Å². The first kappa shape index (κ1) is 14.4. The predicted octanol–water partition coefficient (Wildman–Crippen LogP) is -0.0157. The number of methoxy groups -OCH3 is 1. The van der Waals surface area contributed by atoms with Crippen LogP contribution in [-0.4, -0.2) is 60.9 Å². The normalized spacial score (nSPS) is 22.1. The van der Waals surface area contributed by atoms with E-state index < -0.39 is 5.60 Å². The average Bonchev–Trinajstić information content (AvgIpc) is 2.28. The summed E-state index contributed by atoms with van der Waals surface area (Å²) in [5, 5.41) is 12.7. The molecule has 1 saturated heterocycles. The number of likely N-dealkylation sites (tertiary alicyclic amines) is 1. The van der Waals surface area contributed by atoms with Crippen LogP contribution in [0.5, 0.6) is 0 Å². The lowest BCUT2D eigenvalue weighted by Gasteiger charge is -2.38. The number of carbonyl (C=O) groups excluding carboxylic acids is 1. The van der Waals surface area contributed by atoms with Gasteiger partial charge in [0.1, 0.15) is 0 Å². The van der Waals surface area contributed by atoms with Gasteiger partial charge in [-0.15, -0.1) is 0 Å². The maximum atomic E-state index is 11.8. The van der Waals surface area contributed by atoms with E-state index in [0.29, 0.717) is 13.2 Å². The summed E-state index contributed by atoms with van der Waals surface area (Å²) in [5.41, 5.74) is -0.567. The molecule has 1 fully saturated rings. The first-order valence-electron chi connectivity index (χ1n) is 6.19. The summed E-state index contributed by atoms with van der Waals surface area (Å²) < 4.78 is 4.88. The standard InChI is InChI=1S/C12H24N2O3/c1-10(11(15)13-6-9-17-3)14-7-4-12(2,16)5-8-14/h10,16H,4-9H2,1-3H3,(H,13,15). The van der Waals surface area contributed by atoms with Crippen molar-refractivity contribution in [2.75, 3.05) is 33.4 Å². The Morgan fingerprint density at radius 3 is 2.65 bits per heavy atom. The van der Waals surface area contributed by atoms with E-state index in [2.05, 4.69) is 10.2 Å². The van der Waals surface area contributed by atoms with Gasteiger partial charge in [0, 0.05) is 26.7 Å². The Labute approximate surface area is 103 Å². The number of hydrogen-bond acceptors (Lipinski definition) is 4. The van der Waals surface area contributed by atoms with Gasteiger partial charge in [0.25, 0.3) is 0 Å². The van der Waals surface area contributed by atoms with Crippen LogP contribution in [0.25, 0.3) is 0 Å². The third kappa shape index (κ3) is 4.61. The van der Waals surface area contributed by atoms with Crippen LogP contribution in [0.3, 0.4) is 0 Å². The first-order chi connectivity index (χ1) is 7.96. The number of rotatable bonds is 5. The largest absolute Gasteiger partial charge is 0.390 e. The fourth-order valence-corrected chi connectivity index (χ4v) is 1.98. The Morgan fingerprint density at radius 1 is 1.53 bits per heavy atom. The summed E-state index contributed by atoms with van der Waals surface area (Å²) in [5.74, 6) is 0.0311. The lowest BCUT2D eigenvalue weighted by atomic mass is 9.93. The molecule has 1 rings (SSSR count). The molecule has 1 aliphatic heterocycles. The molecule has 0 aromatic heterocycles. The molecule has 1 atom stereocenters. The van der Waals surface area contributed by atoms with E-state index in [0.717, 1.165) is 25.9 Å². The Kier molecular flexibility index (Phi) is 5.36. The van der Waals surface area contributed by atoms with Gasteiger partial charge in [-0.1, -0.05) is 0 Å². The van der Waals surface area contributed by atoms with Gasteiger partial charge >= 0.3 is 0 Å². The molecule has 0 aliphatic carbocycles. The highest BCUT2D eigenvalue weighted by Crippen LogP contribution is 2.22. The summed E-state index contributed by atoms with van der Waals surface area (Å²) in [4.78, 5) is 13.9. The van der Waals surface area contributed by atoms with E-state index in [1.807, 2.05) is 13.8 Å². The lowest BCUT2D eigenvalue weighted by molar-refractivity contribution is -0.127. The number of piperidine rings is 1. The smallest absolute Gasteiger partial charge is 0.237 e. The van der Waals surface area contributed by atoms with Crippen molar-refractivity contribution in [3.63, 3.8) is 0 Å². The second-order valence-corrected chi connectivity index (χ2v) is 4.99. The molecule has 1 unspecified atom stereocenters. The predicted molar refractivity (Wildman–Crippen MR) is 65.8 cm³/mol. The van der Waals surface area contributed by atoms with Gasteiger partial charge in [-0.05, 0) is 26.7 Å². The van der Waals surface area contributed by atoms with Crippen LogP contribution in [0.2, 0.25) is 0 Å². The zero-order valence-electron chi connectivity index (χ0n) is 11.0. The van der Waals surface area contributed by atoms with Crippen molar-refractivity contribution in [2.45, 2.75) is 38.3 Å². The third-order valence-electron chi connectivity index (χ3n) is 3.41. The lowest BCUT2D eigenvalue weighted by Crippen LogP contribution is -2.51. The highest BCUT2D eigenvalue weighted by atomic mass is 16.5. The van der Waals surface area contributed by atoms with Crippen LogP contribution < -0.4 is 5.32 Å². The topological polar surface area (TPSA) is 61.8 Å². The van der Waals surface area contributed by atoms with Crippen LogP contribution >= 0.6 is 0 Å².